The maximum atomic E-state index is 5.87. The highest BCUT2D eigenvalue weighted by Gasteiger charge is 2.19. The van der Waals surface area contributed by atoms with Crippen LogP contribution in [0.25, 0.3) is 6.08 Å². The lowest BCUT2D eigenvalue weighted by Crippen LogP contribution is -2.03. The topological polar surface area (TPSA) is 30.8 Å². The van der Waals surface area contributed by atoms with Gasteiger partial charge in [0.05, 0.1) is 13.7 Å². The Morgan fingerprint density at radius 3 is 2.52 bits per heavy atom. The molecule has 2 aromatic rings. The van der Waals surface area contributed by atoms with Gasteiger partial charge in [0, 0.05) is 6.08 Å². The van der Waals surface area contributed by atoms with Crippen LogP contribution in [-0.4, -0.2) is 19.6 Å². The molecule has 21 heavy (non-hydrogen) atoms. The van der Waals surface area contributed by atoms with Crippen LogP contribution >= 0.6 is 0 Å². The lowest BCUT2D eigenvalue weighted by molar-refractivity contribution is 0.231. The predicted octanol–water partition coefficient (Wildman–Crippen LogP) is 3.88. The number of hydrogen-bond donors (Lipinski definition) is 0. The fourth-order valence-corrected chi connectivity index (χ4v) is 2.21. The smallest absolute Gasteiger partial charge is 0.209 e. The number of rotatable bonds is 4. The van der Waals surface area contributed by atoms with Gasteiger partial charge in [-0.2, -0.15) is 0 Å². The van der Waals surface area contributed by atoms with E-state index in [-0.39, 0.29) is 6.10 Å². The summed E-state index contributed by atoms with van der Waals surface area (Å²) in [5.74, 6) is 1.53. The molecule has 0 bridgehead atoms. The minimum absolute atomic E-state index is 0.00803. The van der Waals surface area contributed by atoms with Crippen LogP contribution in [0.3, 0.4) is 0 Å². The van der Waals surface area contributed by atoms with Crippen molar-refractivity contribution in [1.82, 2.24) is 0 Å². The van der Waals surface area contributed by atoms with Crippen molar-refractivity contribution >= 4 is 12.0 Å². The number of nitrogens with zero attached hydrogens (tertiary/aromatic N) is 1. The van der Waals surface area contributed by atoms with E-state index in [1.807, 2.05) is 66.7 Å². The molecule has 0 saturated carbocycles. The molecule has 0 saturated heterocycles. The molecule has 1 aliphatic rings. The Balaban J connectivity index is 1.63. The summed E-state index contributed by atoms with van der Waals surface area (Å²) in [6.07, 6.45) is 3.92. The van der Waals surface area contributed by atoms with Gasteiger partial charge >= 0.3 is 0 Å². The summed E-state index contributed by atoms with van der Waals surface area (Å²) in [7, 11) is 1.66. The highest BCUT2D eigenvalue weighted by atomic mass is 16.5. The predicted molar refractivity (Wildman–Crippen MR) is 84.6 cm³/mol. The molecule has 0 spiro atoms. The van der Waals surface area contributed by atoms with Crippen molar-refractivity contribution in [2.75, 3.05) is 13.7 Å². The Hall–Kier alpha value is -2.55. The molecule has 0 aliphatic carbocycles. The van der Waals surface area contributed by atoms with Gasteiger partial charge in [0.2, 0.25) is 5.90 Å². The monoisotopic (exact) mass is 279 g/mol. The van der Waals surface area contributed by atoms with Crippen LogP contribution < -0.4 is 4.74 Å². The lowest BCUT2D eigenvalue weighted by Gasteiger charge is -2.11. The Morgan fingerprint density at radius 1 is 1.05 bits per heavy atom. The Kier molecular flexibility index (Phi) is 4.01. The van der Waals surface area contributed by atoms with Gasteiger partial charge < -0.3 is 9.47 Å². The lowest BCUT2D eigenvalue weighted by atomic mass is 10.1. The Bertz CT molecular complexity index is 645. The molecule has 3 nitrogen and oxygen atoms in total. The van der Waals surface area contributed by atoms with Gasteiger partial charge in [-0.15, -0.1) is 0 Å². The Labute approximate surface area is 124 Å². The van der Waals surface area contributed by atoms with Crippen LogP contribution in [0, 0.1) is 0 Å². The average molecular weight is 279 g/mol. The van der Waals surface area contributed by atoms with E-state index in [2.05, 4.69) is 4.99 Å². The molecule has 1 atom stereocenters. The number of hydrogen-bond acceptors (Lipinski definition) is 3. The van der Waals surface area contributed by atoms with Crippen molar-refractivity contribution in [1.29, 1.82) is 0 Å². The van der Waals surface area contributed by atoms with Crippen LogP contribution in [0.4, 0.5) is 0 Å². The summed E-state index contributed by atoms with van der Waals surface area (Å²) in [6.45, 7) is 0.654. The van der Waals surface area contributed by atoms with E-state index in [9.17, 15) is 0 Å². The minimum atomic E-state index is -0.00803. The van der Waals surface area contributed by atoms with E-state index in [4.69, 9.17) is 9.47 Å². The van der Waals surface area contributed by atoms with Crippen molar-refractivity contribution < 1.29 is 9.47 Å². The Morgan fingerprint density at radius 2 is 1.81 bits per heavy atom. The average Bonchev–Trinajstić information content (AvgIpc) is 3.03. The SMILES string of the molecule is COc1ccc([C@@H]2CN=C(/C=C/c3ccccc3)O2)cc1. The minimum Gasteiger partial charge on any atom is -0.497 e. The third-order valence-electron chi connectivity index (χ3n) is 3.38. The zero-order valence-corrected chi connectivity index (χ0v) is 11.9. The van der Waals surface area contributed by atoms with E-state index in [0.717, 1.165) is 16.9 Å². The molecule has 3 heteroatoms. The fourth-order valence-electron chi connectivity index (χ4n) is 2.21. The van der Waals surface area contributed by atoms with E-state index in [1.54, 1.807) is 7.11 Å². The number of ether oxygens (including phenoxy) is 2. The van der Waals surface area contributed by atoms with Crippen LogP contribution in [0.15, 0.2) is 65.7 Å². The summed E-state index contributed by atoms with van der Waals surface area (Å²) in [6, 6.07) is 18.0. The molecule has 0 fully saturated rings. The summed E-state index contributed by atoms with van der Waals surface area (Å²) >= 11 is 0. The van der Waals surface area contributed by atoms with E-state index in [0.29, 0.717) is 12.4 Å². The maximum Gasteiger partial charge on any atom is 0.209 e. The van der Waals surface area contributed by atoms with Gasteiger partial charge in [0.15, 0.2) is 0 Å². The molecule has 0 radical (unpaired) electrons. The van der Waals surface area contributed by atoms with Gasteiger partial charge in [0.25, 0.3) is 0 Å². The second kappa shape index (κ2) is 6.27. The maximum absolute atomic E-state index is 5.87. The third-order valence-corrected chi connectivity index (χ3v) is 3.38. The zero-order chi connectivity index (χ0) is 14.5. The molecule has 3 rings (SSSR count). The third kappa shape index (κ3) is 3.31. The van der Waals surface area contributed by atoms with E-state index in [1.165, 1.54) is 0 Å². The van der Waals surface area contributed by atoms with Crippen molar-refractivity contribution in [3.63, 3.8) is 0 Å². The first-order valence-electron chi connectivity index (χ1n) is 6.93. The second-order valence-electron chi connectivity index (χ2n) is 4.80. The molecule has 0 aromatic heterocycles. The summed E-state index contributed by atoms with van der Waals surface area (Å²) < 4.78 is 11.0. The van der Waals surface area contributed by atoms with Crippen molar-refractivity contribution in [3.05, 3.63) is 71.8 Å². The van der Waals surface area contributed by atoms with Gasteiger partial charge in [-0.25, -0.2) is 4.99 Å². The zero-order valence-electron chi connectivity index (χ0n) is 11.9. The molecule has 2 aromatic carbocycles. The molecule has 106 valence electrons. The largest absolute Gasteiger partial charge is 0.497 e. The summed E-state index contributed by atoms with van der Waals surface area (Å²) in [4.78, 5) is 4.43. The quantitative estimate of drug-likeness (QED) is 0.850. The number of benzene rings is 2. The van der Waals surface area contributed by atoms with Gasteiger partial charge in [-0.05, 0) is 29.3 Å². The first-order valence-corrected chi connectivity index (χ1v) is 6.93. The van der Waals surface area contributed by atoms with Crippen LogP contribution in [0.1, 0.15) is 17.2 Å². The molecular weight excluding hydrogens is 262 g/mol. The van der Waals surface area contributed by atoms with E-state index >= 15 is 0 Å². The normalized spacial score (nSPS) is 17.6. The van der Waals surface area contributed by atoms with Crippen LogP contribution in [0.2, 0.25) is 0 Å². The molecule has 0 unspecified atom stereocenters. The standard InChI is InChI=1S/C18H17NO2/c1-20-16-10-8-15(9-11-16)17-13-19-18(21-17)12-7-14-5-3-2-4-6-14/h2-12,17H,13H2,1H3/b12-7+/t17-/m0/s1. The molecule has 0 N–H and O–H groups in total. The first-order chi connectivity index (χ1) is 10.3. The highest BCUT2D eigenvalue weighted by Crippen LogP contribution is 2.25. The summed E-state index contributed by atoms with van der Waals surface area (Å²) in [5.41, 5.74) is 2.25. The fraction of sp³-hybridized carbons (Fsp3) is 0.167. The number of aliphatic imine (C=N–C) groups is 1. The van der Waals surface area contributed by atoms with E-state index < -0.39 is 0 Å². The molecule has 1 aliphatic heterocycles. The first kappa shape index (κ1) is 13.4. The highest BCUT2D eigenvalue weighted by molar-refractivity contribution is 5.92. The van der Waals surface area contributed by atoms with Gasteiger partial charge in [-0.1, -0.05) is 42.5 Å². The number of methoxy groups -OCH3 is 1. The van der Waals surface area contributed by atoms with Crippen molar-refractivity contribution in [3.8, 4) is 5.75 Å². The van der Waals surface area contributed by atoms with Crippen molar-refractivity contribution in [2.45, 2.75) is 6.10 Å². The molecule has 0 amide bonds. The van der Waals surface area contributed by atoms with Gasteiger partial charge in [0.1, 0.15) is 11.9 Å². The van der Waals surface area contributed by atoms with Crippen LogP contribution in [0.5, 0.6) is 5.75 Å². The second-order valence-corrected chi connectivity index (χ2v) is 4.80. The summed E-state index contributed by atoms with van der Waals surface area (Å²) in [5, 5.41) is 0. The molecule has 1 heterocycles. The van der Waals surface area contributed by atoms with Crippen LogP contribution in [-0.2, 0) is 4.74 Å². The molecular formula is C18H17NO2. The van der Waals surface area contributed by atoms with Gasteiger partial charge in [-0.3, -0.25) is 0 Å². The van der Waals surface area contributed by atoms with Crippen molar-refractivity contribution in [2.24, 2.45) is 4.99 Å².